The summed E-state index contributed by atoms with van der Waals surface area (Å²) in [6.45, 7) is 11.4. The van der Waals surface area contributed by atoms with E-state index in [4.69, 9.17) is 4.74 Å². The molecular formula is C11H21NO2. The minimum absolute atomic E-state index is 0.114. The van der Waals surface area contributed by atoms with E-state index in [0.717, 1.165) is 0 Å². The average Bonchev–Trinajstić information content (AvgIpc) is 2.43. The predicted octanol–water partition coefficient (Wildman–Crippen LogP) is 1.78. The lowest BCUT2D eigenvalue weighted by atomic mass is 10.0. The van der Waals surface area contributed by atoms with Gasteiger partial charge in [-0.25, -0.2) is 0 Å². The number of carbonyl (C=O) groups excluding carboxylic acids is 1. The predicted molar refractivity (Wildman–Crippen MR) is 55.7 cm³/mol. The SMILES string of the molecule is CCOCNC(=O)C1C(C)(C)C1(C)C. The first kappa shape index (κ1) is 11.5. The van der Waals surface area contributed by atoms with Crippen molar-refractivity contribution in [3.63, 3.8) is 0 Å². The normalized spacial score (nSPS) is 23.2. The molecule has 0 radical (unpaired) electrons. The molecule has 3 nitrogen and oxygen atoms in total. The summed E-state index contributed by atoms with van der Waals surface area (Å²) in [4.78, 5) is 11.7. The van der Waals surface area contributed by atoms with Crippen LogP contribution in [-0.4, -0.2) is 19.2 Å². The van der Waals surface area contributed by atoms with E-state index in [1.807, 2.05) is 6.92 Å². The number of nitrogens with one attached hydrogen (secondary N) is 1. The van der Waals surface area contributed by atoms with Crippen molar-refractivity contribution in [3.8, 4) is 0 Å². The highest BCUT2D eigenvalue weighted by molar-refractivity contribution is 5.83. The molecule has 0 unspecified atom stereocenters. The lowest BCUT2D eigenvalue weighted by Gasteiger charge is -2.05. The maximum Gasteiger partial charge on any atom is 0.226 e. The Hall–Kier alpha value is -0.570. The second-order valence-corrected chi connectivity index (χ2v) is 5.05. The van der Waals surface area contributed by atoms with Crippen molar-refractivity contribution in [2.75, 3.05) is 13.3 Å². The summed E-state index contributed by atoms with van der Waals surface area (Å²) in [6.07, 6.45) is 0. The van der Waals surface area contributed by atoms with E-state index in [-0.39, 0.29) is 22.7 Å². The van der Waals surface area contributed by atoms with Gasteiger partial charge in [-0.15, -0.1) is 0 Å². The third-order valence-corrected chi connectivity index (χ3v) is 3.84. The first-order valence-electron chi connectivity index (χ1n) is 5.21. The van der Waals surface area contributed by atoms with E-state index in [0.29, 0.717) is 13.3 Å². The van der Waals surface area contributed by atoms with E-state index in [1.165, 1.54) is 0 Å². The molecule has 0 aliphatic heterocycles. The lowest BCUT2D eigenvalue weighted by molar-refractivity contribution is -0.125. The topological polar surface area (TPSA) is 38.3 Å². The molecule has 0 aromatic heterocycles. The van der Waals surface area contributed by atoms with Gasteiger partial charge < -0.3 is 10.1 Å². The largest absolute Gasteiger partial charge is 0.362 e. The molecule has 0 spiro atoms. The Morgan fingerprint density at radius 1 is 1.29 bits per heavy atom. The molecule has 0 heterocycles. The number of hydrogen-bond donors (Lipinski definition) is 1. The van der Waals surface area contributed by atoms with Crippen molar-refractivity contribution in [2.24, 2.45) is 16.7 Å². The number of carbonyl (C=O) groups is 1. The summed E-state index contributed by atoms with van der Waals surface area (Å²) < 4.78 is 5.09. The van der Waals surface area contributed by atoms with Gasteiger partial charge in [-0.3, -0.25) is 4.79 Å². The molecule has 1 fully saturated rings. The highest BCUT2D eigenvalue weighted by Crippen LogP contribution is 2.68. The Morgan fingerprint density at radius 3 is 2.14 bits per heavy atom. The molecular weight excluding hydrogens is 178 g/mol. The van der Waals surface area contributed by atoms with Gasteiger partial charge in [0, 0.05) is 12.5 Å². The van der Waals surface area contributed by atoms with Gasteiger partial charge in [0.15, 0.2) is 0 Å². The maximum atomic E-state index is 11.7. The number of ether oxygens (including phenoxy) is 1. The van der Waals surface area contributed by atoms with Crippen LogP contribution in [-0.2, 0) is 9.53 Å². The summed E-state index contributed by atoms with van der Waals surface area (Å²) in [5.41, 5.74) is 0.229. The second kappa shape index (κ2) is 3.54. The lowest BCUT2D eigenvalue weighted by Crippen LogP contribution is -2.29. The third kappa shape index (κ3) is 1.65. The molecule has 0 aromatic carbocycles. The van der Waals surface area contributed by atoms with Gasteiger partial charge in [0.25, 0.3) is 0 Å². The molecule has 82 valence electrons. The zero-order chi connectivity index (χ0) is 11.0. The standard InChI is InChI=1S/C11H21NO2/c1-6-14-7-12-9(13)8-10(2,3)11(8,4)5/h8H,6-7H2,1-5H3,(H,12,13). The molecule has 1 aliphatic carbocycles. The van der Waals surface area contributed by atoms with Crippen LogP contribution in [0.4, 0.5) is 0 Å². The Balaban J connectivity index is 2.42. The van der Waals surface area contributed by atoms with Gasteiger partial charge in [-0.2, -0.15) is 0 Å². The molecule has 0 atom stereocenters. The molecule has 1 N–H and O–H groups in total. The Bertz CT molecular complexity index is 219. The molecule has 1 rings (SSSR count). The zero-order valence-corrected chi connectivity index (χ0v) is 9.81. The van der Waals surface area contributed by atoms with Crippen molar-refractivity contribution >= 4 is 5.91 Å². The molecule has 14 heavy (non-hydrogen) atoms. The van der Waals surface area contributed by atoms with Crippen LogP contribution in [0.5, 0.6) is 0 Å². The Kier molecular flexibility index (Phi) is 2.91. The summed E-state index contributed by atoms with van der Waals surface area (Å²) in [7, 11) is 0. The van der Waals surface area contributed by atoms with Crippen LogP contribution in [0.1, 0.15) is 34.6 Å². The van der Waals surface area contributed by atoms with Crippen molar-refractivity contribution in [3.05, 3.63) is 0 Å². The van der Waals surface area contributed by atoms with Gasteiger partial charge in [-0.1, -0.05) is 27.7 Å². The minimum atomic E-state index is 0.114. The highest BCUT2D eigenvalue weighted by atomic mass is 16.5. The fourth-order valence-electron chi connectivity index (χ4n) is 2.18. The van der Waals surface area contributed by atoms with Crippen LogP contribution >= 0.6 is 0 Å². The van der Waals surface area contributed by atoms with E-state index in [9.17, 15) is 4.79 Å². The first-order chi connectivity index (χ1) is 6.35. The molecule has 3 heteroatoms. The third-order valence-electron chi connectivity index (χ3n) is 3.84. The van der Waals surface area contributed by atoms with E-state index in [2.05, 4.69) is 33.0 Å². The van der Waals surface area contributed by atoms with Crippen LogP contribution < -0.4 is 5.32 Å². The van der Waals surface area contributed by atoms with Crippen molar-refractivity contribution in [2.45, 2.75) is 34.6 Å². The van der Waals surface area contributed by atoms with Gasteiger partial charge in [0.05, 0.1) is 0 Å². The smallest absolute Gasteiger partial charge is 0.226 e. The second-order valence-electron chi connectivity index (χ2n) is 5.05. The Labute approximate surface area is 86.2 Å². The summed E-state index contributed by atoms with van der Waals surface area (Å²) >= 11 is 0. The van der Waals surface area contributed by atoms with Gasteiger partial charge >= 0.3 is 0 Å². The molecule has 0 aromatic rings. The van der Waals surface area contributed by atoms with Crippen LogP contribution in [0.15, 0.2) is 0 Å². The van der Waals surface area contributed by atoms with Gasteiger partial charge in [0.2, 0.25) is 5.91 Å². The van der Waals surface area contributed by atoms with Gasteiger partial charge in [0.1, 0.15) is 6.73 Å². The van der Waals surface area contributed by atoms with Gasteiger partial charge in [-0.05, 0) is 17.8 Å². The summed E-state index contributed by atoms with van der Waals surface area (Å²) in [5.74, 6) is 0.240. The molecule has 0 bridgehead atoms. The van der Waals surface area contributed by atoms with Crippen LogP contribution in [0, 0.1) is 16.7 Å². The summed E-state index contributed by atoms with van der Waals surface area (Å²) in [5, 5.41) is 2.80. The van der Waals surface area contributed by atoms with E-state index < -0.39 is 0 Å². The first-order valence-corrected chi connectivity index (χ1v) is 5.21. The van der Waals surface area contributed by atoms with Crippen molar-refractivity contribution in [1.82, 2.24) is 5.32 Å². The fraction of sp³-hybridized carbons (Fsp3) is 0.909. The molecule has 1 aliphatic rings. The van der Waals surface area contributed by atoms with E-state index in [1.54, 1.807) is 0 Å². The van der Waals surface area contributed by atoms with Crippen molar-refractivity contribution in [1.29, 1.82) is 0 Å². The quantitative estimate of drug-likeness (QED) is 0.553. The van der Waals surface area contributed by atoms with Crippen molar-refractivity contribution < 1.29 is 9.53 Å². The molecule has 1 saturated carbocycles. The monoisotopic (exact) mass is 199 g/mol. The summed E-state index contributed by atoms with van der Waals surface area (Å²) in [6, 6.07) is 0. The molecule has 0 saturated heterocycles. The number of amides is 1. The number of rotatable bonds is 4. The average molecular weight is 199 g/mol. The highest BCUT2D eigenvalue weighted by Gasteiger charge is 2.68. The number of hydrogen-bond acceptors (Lipinski definition) is 2. The molecule has 1 amide bonds. The van der Waals surface area contributed by atoms with Crippen LogP contribution in [0.3, 0.4) is 0 Å². The minimum Gasteiger partial charge on any atom is -0.362 e. The maximum absolute atomic E-state index is 11.7. The van der Waals surface area contributed by atoms with Crippen LogP contribution in [0.2, 0.25) is 0 Å². The van der Waals surface area contributed by atoms with Crippen LogP contribution in [0.25, 0.3) is 0 Å². The Morgan fingerprint density at radius 2 is 1.79 bits per heavy atom. The van der Waals surface area contributed by atoms with E-state index >= 15 is 0 Å². The fourth-order valence-corrected chi connectivity index (χ4v) is 2.18. The zero-order valence-electron chi connectivity index (χ0n) is 9.81.